The average molecular weight is 352 g/mol. The lowest BCUT2D eigenvalue weighted by Crippen LogP contribution is -2.33. The van der Waals surface area contributed by atoms with Gasteiger partial charge in [0.15, 0.2) is 6.10 Å². The summed E-state index contributed by atoms with van der Waals surface area (Å²) in [7, 11) is 0. The predicted molar refractivity (Wildman–Crippen MR) is 74.4 cm³/mol. The maximum Gasteiger partial charge on any atom is 0.332 e. The molecule has 104 valence electrons. The molecule has 1 atom stereocenters. The molecule has 0 aromatic heterocycles. The summed E-state index contributed by atoms with van der Waals surface area (Å²) in [5, 5.41) is 22.9. The van der Waals surface area contributed by atoms with E-state index in [1.165, 1.54) is 0 Å². The molecule has 0 bridgehead atoms. The molecule has 0 aliphatic rings. The van der Waals surface area contributed by atoms with Gasteiger partial charge in [-0.3, -0.25) is 0 Å². The Hall–Kier alpha value is -1.31. The minimum Gasteiger partial charge on any atom is -0.479 e. The number of benzene rings is 1. The quantitative estimate of drug-likeness (QED) is 0.652. The van der Waals surface area contributed by atoms with E-state index in [9.17, 15) is 9.59 Å². The van der Waals surface area contributed by atoms with Crippen LogP contribution in [0, 0.1) is 0 Å². The van der Waals surface area contributed by atoms with Crippen molar-refractivity contribution in [3.05, 3.63) is 27.7 Å². The standard InChI is InChI=1S/C11H12BrClN2O4/c12-7-5-6(1-2-8(7)13)15-11(19)14-4-3-9(16)10(17)18/h1-2,5,9,16H,3-4H2,(H,17,18)(H2,14,15,19). The average Bonchev–Trinajstić information content (AvgIpc) is 2.33. The highest BCUT2D eigenvalue weighted by molar-refractivity contribution is 9.10. The van der Waals surface area contributed by atoms with Gasteiger partial charge in [-0.05, 0) is 34.1 Å². The highest BCUT2D eigenvalue weighted by Gasteiger charge is 2.12. The molecule has 0 radical (unpaired) electrons. The van der Waals surface area contributed by atoms with Gasteiger partial charge in [-0.25, -0.2) is 9.59 Å². The number of halogens is 2. The number of hydrogen-bond donors (Lipinski definition) is 4. The highest BCUT2D eigenvalue weighted by Crippen LogP contribution is 2.25. The number of aliphatic hydroxyl groups excluding tert-OH is 1. The van der Waals surface area contributed by atoms with Crippen molar-refractivity contribution in [2.45, 2.75) is 12.5 Å². The van der Waals surface area contributed by atoms with Gasteiger partial charge >= 0.3 is 12.0 Å². The lowest BCUT2D eigenvalue weighted by molar-refractivity contribution is -0.146. The molecule has 0 saturated heterocycles. The van der Waals surface area contributed by atoms with Crippen LogP contribution in [0.3, 0.4) is 0 Å². The number of carboxylic acids is 1. The topological polar surface area (TPSA) is 98.7 Å². The Morgan fingerprint density at radius 1 is 1.42 bits per heavy atom. The first-order chi connectivity index (χ1) is 8.90. The maximum atomic E-state index is 11.5. The largest absolute Gasteiger partial charge is 0.479 e. The summed E-state index contributed by atoms with van der Waals surface area (Å²) in [5.41, 5.74) is 0.535. The third kappa shape index (κ3) is 5.46. The third-order valence-electron chi connectivity index (χ3n) is 2.17. The number of aliphatic hydroxyl groups is 1. The van der Waals surface area contributed by atoms with E-state index in [2.05, 4.69) is 26.6 Å². The van der Waals surface area contributed by atoms with Gasteiger partial charge in [0.05, 0.1) is 5.02 Å². The fourth-order valence-electron chi connectivity index (χ4n) is 1.20. The third-order valence-corrected chi connectivity index (χ3v) is 3.38. The first-order valence-corrected chi connectivity index (χ1v) is 6.48. The van der Waals surface area contributed by atoms with E-state index in [1.807, 2.05) is 0 Å². The van der Waals surface area contributed by atoms with Gasteiger partial charge in [0.25, 0.3) is 0 Å². The smallest absolute Gasteiger partial charge is 0.332 e. The van der Waals surface area contributed by atoms with Crippen LogP contribution < -0.4 is 10.6 Å². The lowest BCUT2D eigenvalue weighted by Gasteiger charge is -2.09. The number of nitrogens with one attached hydrogen (secondary N) is 2. The number of urea groups is 1. The Balaban J connectivity index is 2.39. The summed E-state index contributed by atoms with van der Waals surface area (Å²) in [4.78, 5) is 21.8. The number of hydrogen-bond acceptors (Lipinski definition) is 3. The Bertz CT molecular complexity index is 484. The molecule has 4 N–H and O–H groups in total. The van der Waals surface area contributed by atoms with E-state index in [0.717, 1.165) is 0 Å². The summed E-state index contributed by atoms with van der Waals surface area (Å²) in [6.45, 7) is 0.0497. The Kier molecular flexibility index (Phi) is 6.07. The second kappa shape index (κ2) is 7.32. The van der Waals surface area contributed by atoms with E-state index < -0.39 is 18.1 Å². The van der Waals surface area contributed by atoms with Gasteiger partial charge < -0.3 is 20.8 Å². The first-order valence-electron chi connectivity index (χ1n) is 5.31. The van der Waals surface area contributed by atoms with Gasteiger partial charge in [0, 0.05) is 23.1 Å². The van der Waals surface area contributed by atoms with Crippen LogP contribution in [0.5, 0.6) is 0 Å². The van der Waals surface area contributed by atoms with Crippen molar-refractivity contribution < 1.29 is 19.8 Å². The van der Waals surface area contributed by atoms with Crippen LogP contribution in [-0.2, 0) is 4.79 Å². The number of carbonyl (C=O) groups is 2. The van der Waals surface area contributed by atoms with Crippen molar-refractivity contribution in [3.8, 4) is 0 Å². The predicted octanol–water partition coefficient (Wildman–Crippen LogP) is 2.06. The van der Waals surface area contributed by atoms with Gasteiger partial charge in [0.2, 0.25) is 0 Å². The number of anilines is 1. The summed E-state index contributed by atoms with van der Waals surface area (Å²) in [5.74, 6) is -1.32. The van der Waals surface area contributed by atoms with E-state index in [-0.39, 0.29) is 13.0 Å². The molecule has 0 spiro atoms. The first kappa shape index (κ1) is 15.7. The molecule has 0 aliphatic heterocycles. The molecule has 0 fully saturated rings. The second-order valence-electron chi connectivity index (χ2n) is 3.65. The molecular weight excluding hydrogens is 339 g/mol. The molecule has 1 rings (SSSR count). The van der Waals surface area contributed by atoms with Crippen LogP contribution in [-0.4, -0.2) is 34.9 Å². The molecule has 1 aromatic carbocycles. The van der Waals surface area contributed by atoms with E-state index in [1.54, 1.807) is 18.2 Å². The summed E-state index contributed by atoms with van der Waals surface area (Å²) >= 11 is 9.03. The molecule has 6 nitrogen and oxygen atoms in total. The van der Waals surface area contributed by atoms with Crippen LogP contribution in [0.4, 0.5) is 10.5 Å². The van der Waals surface area contributed by atoms with E-state index >= 15 is 0 Å². The fourth-order valence-corrected chi connectivity index (χ4v) is 1.69. The molecule has 1 unspecified atom stereocenters. The minimum absolute atomic E-state index is 0.0497. The lowest BCUT2D eigenvalue weighted by atomic mass is 10.2. The van der Waals surface area contributed by atoms with Gasteiger partial charge in [-0.2, -0.15) is 0 Å². The van der Waals surface area contributed by atoms with Crippen molar-refractivity contribution in [3.63, 3.8) is 0 Å². The zero-order valence-corrected chi connectivity index (χ0v) is 12.0. The van der Waals surface area contributed by atoms with Crippen LogP contribution in [0.15, 0.2) is 22.7 Å². The number of carbonyl (C=O) groups excluding carboxylic acids is 1. The highest BCUT2D eigenvalue weighted by atomic mass is 79.9. The van der Waals surface area contributed by atoms with Crippen molar-refractivity contribution in [2.75, 3.05) is 11.9 Å². The Morgan fingerprint density at radius 2 is 2.11 bits per heavy atom. The zero-order chi connectivity index (χ0) is 14.4. The molecule has 0 aliphatic carbocycles. The summed E-state index contributed by atoms with van der Waals surface area (Å²) < 4.78 is 0.647. The number of aliphatic carboxylic acids is 1. The SMILES string of the molecule is O=C(NCCC(O)C(=O)O)Nc1ccc(Cl)c(Br)c1. The molecule has 0 heterocycles. The Morgan fingerprint density at radius 3 is 2.68 bits per heavy atom. The molecule has 19 heavy (non-hydrogen) atoms. The van der Waals surface area contributed by atoms with E-state index in [4.69, 9.17) is 21.8 Å². The summed E-state index contributed by atoms with van der Waals surface area (Å²) in [6, 6.07) is 4.38. The fraction of sp³-hybridized carbons (Fsp3) is 0.273. The number of carboxylic acid groups (broad SMARTS) is 1. The van der Waals surface area contributed by atoms with Crippen molar-refractivity contribution in [2.24, 2.45) is 0 Å². The molecule has 8 heteroatoms. The van der Waals surface area contributed by atoms with Gasteiger partial charge in [-0.15, -0.1) is 0 Å². The molecule has 0 saturated carbocycles. The number of amides is 2. The van der Waals surface area contributed by atoms with Gasteiger partial charge in [-0.1, -0.05) is 11.6 Å². The monoisotopic (exact) mass is 350 g/mol. The van der Waals surface area contributed by atoms with Crippen molar-refractivity contribution >= 4 is 45.2 Å². The Labute approximate surface area is 122 Å². The summed E-state index contributed by atoms with van der Waals surface area (Å²) in [6.07, 6.45) is -1.54. The second-order valence-corrected chi connectivity index (χ2v) is 4.91. The zero-order valence-electron chi connectivity index (χ0n) is 9.69. The van der Waals surface area contributed by atoms with Crippen molar-refractivity contribution in [1.82, 2.24) is 5.32 Å². The maximum absolute atomic E-state index is 11.5. The molecule has 1 aromatic rings. The van der Waals surface area contributed by atoms with Crippen molar-refractivity contribution in [1.29, 1.82) is 0 Å². The number of rotatable bonds is 5. The minimum atomic E-state index is -1.48. The van der Waals surface area contributed by atoms with Crippen LogP contribution in [0.2, 0.25) is 5.02 Å². The molecule has 2 amide bonds. The molecular formula is C11H12BrClN2O4. The van der Waals surface area contributed by atoms with E-state index in [0.29, 0.717) is 15.2 Å². The normalized spacial score (nSPS) is 11.7. The van der Waals surface area contributed by atoms with Crippen LogP contribution in [0.1, 0.15) is 6.42 Å². The van der Waals surface area contributed by atoms with Crippen LogP contribution >= 0.6 is 27.5 Å². The van der Waals surface area contributed by atoms with Crippen LogP contribution in [0.25, 0.3) is 0 Å². The van der Waals surface area contributed by atoms with Gasteiger partial charge in [0.1, 0.15) is 0 Å².